The van der Waals surface area contributed by atoms with Gasteiger partial charge >= 0.3 is 0 Å². The standard InChI is InChI=1S/C15H24N2O/c1-13-11-14(12-16)5-6-15(13)18-10-9-17-7-3-2-4-8-17/h5-6,11H,2-4,7-10,12,16H2,1H3. The molecule has 0 amide bonds. The summed E-state index contributed by atoms with van der Waals surface area (Å²) >= 11 is 0. The molecule has 0 aromatic heterocycles. The molecule has 100 valence electrons. The van der Waals surface area contributed by atoms with Crippen LogP contribution < -0.4 is 10.5 Å². The second kappa shape index (κ2) is 6.76. The molecule has 1 aliphatic rings. The van der Waals surface area contributed by atoms with Crippen molar-refractivity contribution in [2.45, 2.75) is 32.7 Å². The summed E-state index contributed by atoms with van der Waals surface area (Å²) in [4.78, 5) is 2.49. The fourth-order valence-electron chi connectivity index (χ4n) is 2.47. The number of rotatable bonds is 5. The van der Waals surface area contributed by atoms with Gasteiger partial charge in [0.05, 0.1) is 0 Å². The number of benzene rings is 1. The number of hydrogen-bond donors (Lipinski definition) is 1. The van der Waals surface area contributed by atoms with E-state index in [0.717, 1.165) is 24.5 Å². The highest BCUT2D eigenvalue weighted by atomic mass is 16.5. The van der Waals surface area contributed by atoms with Gasteiger partial charge in [0.25, 0.3) is 0 Å². The highest BCUT2D eigenvalue weighted by Crippen LogP contribution is 2.19. The van der Waals surface area contributed by atoms with Gasteiger partial charge < -0.3 is 10.5 Å². The Morgan fingerprint density at radius 2 is 2.00 bits per heavy atom. The number of ether oxygens (including phenoxy) is 1. The molecule has 1 heterocycles. The Labute approximate surface area is 110 Å². The predicted octanol–water partition coefficient (Wildman–Crippen LogP) is 2.32. The lowest BCUT2D eigenvalue weighted by molar-refractivity contribution is 0.183. The van der Waals surface area contributed by atoms with E-state index in [0.29, 0.717) is 6.54 Å². The first-order valence-electron chi connectivity index (χ1n) is 6.94. The van der Waals surface area contributed by atoms with Gasteiger partial charge in [0.2, 0.25) is 0 Å². The van der Waals surface area contributed by atoms with Gasteiger partial charge in [-0.05, 0) is 50.0 Å². The first-order valence-corrected chi connectivity index (χ1v) is 6.94. The van der Waals surface area contributed by atoms with E-state index in [4.69, 9.17) is 10.5 Å². The lowest BCUT2D eigenvalue weighted by Crippen LogP contribution is -2.33. The number of hydrogen-bond acceptors (Lipinski definition) is 3. The number of piperidine rings is 1. The van der Waals surface area contributed by atoms with Crippen LogP contribution in [0.5, 0.6) is 5.75 Å². The molecule has 1 aliphatic heterocycles. The van der Waals surface area contributed by atoms with Crippen LogP contribution in [-0.2, 0) is 6.54 Å². The second-order valence-corrected chi connectivity index (χ2v) is 5.05. The minimum Gasteiger partial charge on any atom is -0.492 e. The van der Waals surface area contributed by atoms with Crippen LogP contribution in [0.1, 0.15) is 30.4 Å². The lowest BCUT2D eigenvalue weighted by atomic mass is 10.1. The summed E-state index contributed by atoms with van der Waals surface area (Å²) in [6.07, 6.45) is 4.06. The Morgan fingerprint density at radius 3 is 2.67 bits per heavy atom. The van der Waals surface area contributed by atoms with Gasteiger partial charge in [-0.3, -0.25) is 4.90 Å². The van der Waals surface area contributed by atoms with E-state index in [1.165, 1.54) is 37.9 Å². The number of aryl methyl sites for hydroxylation is 1. The smallest absolute Gasteiger partial charge is 0.122 e. The van der Waals surface area contributed by atoms with Gasteiger partial charge in [-0.2, -0.15) is 0 Å². The van der Waals surface area contributed by atoms with Gasteiger partial charge in [0, 0.05) is 13.1 Å². The van der Waals surface area contributed by atoms with Crippen molar-refractivity contribution >= 4 is 0 Å². The maximum absolute atomic E-state index is 5.86. The molecule has 2 rings (SSSR count). The summed E-state index contributed by atoms with van der Waals surface area (Å²) in [6.45, 7) is 6.95. The van der Waals surface area contributed by atoms with Gasteiger partial charge in [0.1, 0.15) is 12.4 Å². The summed E-state index contributed by atoms with van der Waals surface area (Å²) < 4.78 is 5.86. The summed E-state index contributed by atoms with van der Waals surface area (Å²) in [7, 11) is 0. The minimum absolute atomic E-state index is 0.592. The van der Waals surface area contributed by atoms with E-state index >= 15 is 0 Å². The SMILES string of the molecule is Cc1cc(CN)ccc1OCCN1CCCCC1. The van der Waals surface area contributed by atoms with Crippen molar-refractivity contribution in [3.63, 3.8) is 0 Å². The van der Waals surface area contributed by atoms with Gasteiger partial charge in [-0.25, -0.2) is 0 Å². The van der Waals surface area contributed by atoms with Crippen LogP contribution in [0.3, 0.4) is 0 Å². The zero-order chi connectivity index (χ0) is 12.8. The topological polar surface area (TPSA) is 38.5 Å². The first-order chi connectivity index (χ1) is 8.79. The largest absolute Gasteiger partial charge is 0.492 e. The zero-order valence-electron chi connectivity index (χ0n) is 11.3. The first kappa shape index (κ1) is 13.4. The van der Waals surface area contributed by atoms with Crippen molar-refractivity contribution < 1.29 is 4.74 Å². The molecule has 18 heavy (non-hydrogen) atoms. The molecule has 3 heteroatoms. The summed E-state index contributed by atoms with van der Waals surface area (Å²) in [6, 6.07) is 6.19. The van der Waals surface area contributed by atoms with Gasteiger partial charge in [-0.15, -0.1) is 0 Å². The lowest BCUT2D eigenvalue weighted by Gasteiger charge is -2.26. The van der Waals surface area contributed by atoms with Crippen LogP contribution in [0, 0.1) is 6.92 Å². The summed E-state index contributed by atoms with van der Waals surface area (Å²) in [5, 5.41) is 0. The minimum atomic E-state index is 0.592. The van der Waals surface area contributed by atoms with Crippen molar-refractivity contribution in [3.05, 3.63) is 29.3 Å². The Bertz CT molecular complexity index is 373. The Morgan fingerprint density at radius 1 is 1.22 bits per heavy atom. The van der Waals surface area contributed by atoms with Crippen LogP contribution in [0.25, 0.3) is 0 Å². The number of nitrogens with two attached hydrogens (primary N) is 1. The van der Waals surface area contributed by atoms with Crippen LogP contribution in [0.15, 0.2) is 18.2 Å². The fourth-order valence-corrected chi connectivity index (χ4v) is 2.47. The monoisotopic (exact) mass is 248 g/mol. The molecule has 2 N–H and O–H groups in total. The Hall–Kier alpha value is -1.06. The molecule has 1 saturated heterocycles. The third-order valence-corrected chi connectivity index (χ3v) is 3.59. The van der Waals surface area contributed by atoms with E-state index in [1.54, 1.807) is 0 Å². The average Bonchev–Trinajstić information content (AvgIpc) is 2.42. The van der Waals surface area contributed by atoms with E-state index in [9.17, 15) is 0 Å². The average molecular weight is 248 g/mol. The molecule has 0 saturated carbocycles. The fraction of sp³-hybridized carbons (Fsp3) is 0.600. The molecule has 1 aromatic carbocycles. The van der Waals surface area contributed by atoms with Crippen molar-refractivity contribution in [2.75, 3.05) is 26.2 Å². The molecule has 0 spiro atoms. The molecule has 1 aromatic rings. The second-order valence-electron chi connectivity index (χ2n) is 5.05. The third-order valence-electron chi connectivity index (χ3n) is 3.59. The van der Waals surface area contributed by atoms with Crippen LogP contribution >= 0.6 is 0 Å². The maximum atomic E-state index is 5.86. The molecule has 0 unspecified atom stereocenters. The van der Waals surface area contributed by atoms with Crippen molar-refractivity contribution in [2.24, 2.45) is 5.73 Å². The van der Waals surface area contributed by atoms with Crippen molar-refractivity contribution in [1.82, 2.24) is 4.90 Å². The highest BCUT2D eigenvalue weighted by Gasteiger charge is 2.09. The molecular weight excluding hydrogens is 224 g/mol. The number of nitrogens with zero attached hydrogens (tertiary/aromatic N) is 1. The van der Waals surface area contributed by atoms with Gasteiger partial charge in [0.15, 0.2) is 0 Å². The normalized spacial score (nSPS) is 16.8. The van der Waals surface area contributed by atoms with E-state index in [2.05, 4.69) is 17.9 Å². The van der Waals surface area contributed by atoms with E-state index in [-0.39, 0.29) is 0 Å². The highest BCUT2D eigenvalue weighted by molar-refractivity contribution is 5.36. The van der Waals surface area contributed by atoms with E-state index in [1.807, 2.05) is 12.1 Å². The van der Waals surface area contributed by atoms with Crippen molar-refractivity contribution in [1.29, 1.82) is 0 Å². The number of likely N-dealkylation sites (tertiary alicyclic amines) is 1. The van der Waals surface area contributed by atoms with Crippen molar-refractivity contribution in [3.8, 4) is 5.75 Å². The van der Waals surface area contributed by atoms with Gasteiger partial charge in [-0.1, -0.05) is 18.6 Å². The summed E-state index contributed by atoms with van der Waals surface area (Å²) in [5.74, 6) is 0.990. The molecular formula is C15H24N2O. The van der Waals surface area contributed by atoms with Crippen LogP contribution in [0.2, 0.25) is 0 Å². The quantitative estimate of drug-likeness (QED) is 0.869. The third kappa shape index (κ3) is 3.72. The molecule has 0 radical (unpaired) electrons. The zero-order valence-corrected chi connectivity index (χ0v) is 11.3. The molecule has 0 aliphatic carbocycles. The van der Waals surface area contributed by atoms with E-state index < -0.39 is 0 Å². The predicted molar refractivity (Wildman–Crippen MR) is 74.9 cm³/mol. The molecule has 3 nitrogen and oxygen atoms in total. The van der Waals surface area contributed by atoms with Crippen LogP contribution in [0.4, 0.5) is 0 Å². The maximum Gasteiger partial charge on any atom is 0.122 e. The molecule has 1 fully saturated rings. The summed E-state index contributed by atoms with van der Waals surface area (Å²) in [5.41, 5.74) is 7.96. The molecule has 0 atom stereocenters. The Balaban J connectivity index is 1.79. The molecule has 0 bridgehead atoms. The Kier molecular flexibility index (Phi) is 5.02. The van der Waals surface area contributed by atoms with Crippen LogP contribution in [-0.4, -0.2) is 31.1 Å².